The molecule has 5 N–H and O–H groups in total. The number of anilines is 2. The maximum Gasteiger partial charge on any atom is 0.158 e. The number of rotatable bonds is 4. The van der Waals surface area contributed by atoms with Crippen molar-refractivity contribution < 1.29 is 0 Å². The summed E-state index contributed by atoms with van der Waals surface area (Å²) in [5.41, 5.74) is 8.64. The second-order valence-electron chi connectivity index (χ2n) is 3.21. The number of nitrogens with one attached hydrogen (secondary N) is 3. The Hall–Kier alpha value is -1.20. The van der Waals surface area contributed by atoms with Crippen LogP contribution in [0.15, 0.2) is 18.2 Å². The minimum Gasteiger partial charge on any atom is -0.388 e. The van der Waals surface area contributed by atoms with E-state index in [-0.39, 0.29) is 0 Å². The Morgan fingerprint density at radius 1 is 1.50 bits per heavy atom. The van der Waals surface area contributed by atoms with Crippen molar-refractivity contribution in [2.24, 2.45) is 5.73 Å². The molecule has 0 aromatic heterocycles. The van der Waals surface area contributed by atoms with Gasteiger partial charge < -0.3 is 16.4 Å². The van der Waals surface area contributed by atoms with Gasteiger partial charge in [0.15, 0.2) is 5.17 Å². The predicted octanol–water partition coefficient (Wildman–Crippen LogP) is 2.29. The molecular weight excluding hydrogens is 220 g/mol. The van der Waals surface area contributed by atoms with Crippen molar-refractivity contribution in [2.75, 3.05) is 23.4 Å². The maximum atomic E-state index is 7.66. The van der Waals surface area contributed by atoms with Crippen LogP contribution >= 0.6 is 11.8 Å². The summed E-state index contributed by atoms with van der Waals surface area (Å²) >= 11 is 1.47. The van der Waals surface area contributed by atoms with Crippen LogP contribution in [0.2, 0.25) is 0 Å². The van der Waals surface area contributed by atoms with Gasteiger partial charge in [-0.15, -0.1) is 0 Å². The highest BCUT2D eigenvalue weighted by atomic mass is 32.2. The van der Waals surface area contributed by atoms with E-state index in [1.54, 1.807) is 0 Å². The third-order valence-electron chi connectivity index (χ3n) is 2.14. The summed E-state index contributed by atoms with van der Waals surface area (Å²) in [4.78, 5) is 0. The molecule has 0 unspecified atom stereocenters. The third-order valence-corrected chi connectivity index (χ3v) is 2.82. The second kappa shape index (κ2) is 6.40. The van der Waals surface area contributed by atoms with E-state index in [2.05, 4.69) is 10.6 Å². The van der Waals surface area contributed by atoms with Crippen LogP contribution < -0.4 is 16.4 Å². The Balaban J connectivity index is 2.78. The fourth-order valence-corrected chi connectivity index (χ4v) is 1.87. The van der Waals surface area contributed by atoms with E-state index in [1.807, 2.05) is 32.2 Å². The summed E-state index contributed by atoms with van der Waals surface area (Å²) in [6, 6.07) is 5.88. The van der Waals surface area contributed by atoms with Gasteiger partial charge in [-0.1, -0.05) is 18.7 Å². The summed E-state index contributed by atoms with van der Waals surface area (Å²) in [6.07, 6.45) is 0. The highest BCUT2D eigenvalue weighted by Gasteiger charge is 2.02. The van der Waals surface area contributed by atoms with Crippen molar-refractivity contribution in [3.63, 3.8) is 0 Å². The third kappa shape index (κ3) is 3.43. The maximum absolute atomic E-state index is 7.66. The number of thioether (sulfide) groups is 1. The lowest BCUT2D eigenvalue weighted by atomic mass is 10.1. The predicted molar refractivity (Wildman–Crippen MR) is 73.4 cm³/mol. The van der Waals surface area contributed by atoms with Crippen LogP contribution in [0, 0.1) is 5.41 Å². The molecule has 0 atom stereocenters. The standard InChI is InChI=1S/C11H18N4S/c1-3-16-11(13)15-9-4-5-10(14-2)8(6-9)7-12/h4-6,14H,3,7,12H2,1-2H3,(H2,13,15). The van der Waals surface area contributed by atoms with E-state index in [0.717, 1.165) is 22.7 Å². The monoisotopic (exact) mass is 238 g/mol. The molecular formula is C11H18N4S. The summed E-state index contributed by atoms with van der Waals surface area (Å²) < 4.78 is 0. The van der Waals surface area contributed by atoms with Gasteiger partial charge in [-0.2, -0.15) is 0 Å². The second-order valence-corrected chi connectivity index (χ2v) is 4.49. The first-order chi connectivity index (χ1) is 7.71. The Kier molecular flexibility index (Phi) is 5.14. The van der Waals surface area contributed by atoms with Crippen LogP contribution in [0.1, 0.15) is 12.5 Å². The first kappa shape index (κ1) is 12.9. The smallest absolute Gasteiger partial charge is 0.158 e. The summed E-state index contributed by atoms with van der Waals surface area (Å²) in [6.45, 7) is 2.51. The average molecular weight is 238 g/mol. The van der Waals surface area contributed by atoms with Crippen molar-refractivity contribution in [1.82, 2.24) is 0 Å². The van der Waals surface area contributed by atoms with E-state index < -0.39 is 0 Å². The van der Waals surface area contributed by atoms with Crippen molar-refractivity contribution in [3.8, 4) is 0 Å². The van der Waals surface area contributed by atoms with Crippen LogP contribution in [0.25, 0.3) is 0 Å². The molecule has 0 heterocycles. The molecule has 0 aliphatic carbocycles. The molecule has 1 aromatic rings. The quantitative estimate of drug-likeness (QED) is 0.479. The van der Waals surface area contributed by atoms with Gasteiger partial charge >= 0.3 is 0 Å². The summed E-state index contributed by atoms with van der Waals surface area (Å²) in [5, 5.41) is 14.2. The highest BCUT2D eigenvalue weighted by molar-refractivity contribution is 8.14. The molecule has 1 rings (SSSR count). The zero-order valence-corrected chi connectivity index (χ0v) is 10.4. The molecule has 0 spiro atoms. The molecule has 0 aliphatic rings. The topological polar surface area (TPSA) is 73.9 Å². The van der Waals surface area contributed by atoms with Crippen molar-refractivity contribution in [3.05, 3.63) is 23.8 Å². The number of nitrogens with two attached hydrogens (primary N) is 1. The minimum atomic E-state index is 0.461. The van der Waals surface area contributed by atoms with Gasteiger partial charge in [0.1, 0.15) is 0 Å². The van der Waals surface area contributed by atoms with Gasteiger partial charge in [-0.3, -0.25) is 5.41 Å². The molecule has 0 saturated heterocycles. The van der Waals surface area contributed by atoms with E-state index in [0.29, 0.717) is 11.7 Å². The first-order valence-electron chi connectivity index (χ1n) is 5.20. The minimum absolute atomic E-state index is 0.461. The number of benzene rings is 1. The summed E-state index contributed by atoms with van der Waals surface area (Å²) in [5.74, 6) is 0.893. The average Bonchev–Trinajstić information content (AvgIpc) is 2.29. The van der Waals surface area contributed by atoms with Crippen LogP contribution in [-0.4, -0.2) is 18.0 Å². The van der Waals surface area contributed by atoms with Crippen LogP contribution in [0.4, 0.5) is 11.4 Å². The fraction of sp³-hybridized carbons (Fsp3) is 0.364. The lowest BCUT2D eigenvalue weighted by Crippen LogP contribution is -2.08. The molecule has 0 radical (unpaired) electrons. The Bertz CT molecular complexity index is 365. The summed E-state index contributed by atoms with van der Waals surface area (Å²) in [7, 11) is 1.87. The number of amidine groups is 1. The van der Waals surface area contributed by atoms with Gasteiger partial charge in [-0.05, 0) is 29.5 Å². The molecule has 0 fully saturated rings. The molecule has 0 bridgehead atoms. The van der Waals surface area contributed by atoms with Gasteiger partial charge in [-0.25, -0.2) is 0 Å². The van der Waals surface area contributed by atoms with Crippen LogP contribution in [-0.2, 0) is 6.54 Å². The van der Waals surface area contributed by atoms with Gasteiger partial charge in [0.2, 0.25) is 0 Å². The highest BCUT2D eigenvalue weighted by Crippen LogP contribution is 2.20. The molecule has 88 valence electrons. The van der Waals surface area contributed by atoms with E-state index in [4.69, 9.17) is 11.1 Å². The van der Waals surface area contributed by atoms with E-state index in [1.165, 1.54) is 11.8 Å². The Morgan fingerprint density at radius 3 is 2.81 bits per heavy atom. The first-order valence-corrected chi connectivity index (χ1v) is 6.19. The van der Waals surface area contributed by atoms with Crippen molar-refractivity contribution in [2.45, 2.75) is 13.5 Å². The number of hydrogen-bond acceptors (Lipinski definition) is 4. The van der Waals surface area contributed by atoms with Crippen molar-refractivity contribution >= 4 is 28.3 Å². The normalized spacial score (nSPS) is 9.94. The Morgan fingerprint density at radius 2 is 2.25 bits per heavy atom. The molecule has 1 aromatic carbocycles. The van der Waals surface area contributed by atoms with Gasteiger partial charge in [0, 0.05) is 25.0 Å². The number of hydrogen-bond donors (Lipinski definition) is 4. The zero-order valence-electron chi connectivity index (χ0n) is 9.63. The Labute approximate surface area is 101 Å². The largest absolute Gasteiger partial charge is 0.388 e. The van der Waals surface area contributed by atoms with E-state index in [9.17, 15) is 0 Å². The van der Waals surface area contributed by atoms with Crippen molar-refractivity contribution in [1.29, 1.82) is 5.41 Å². The molecule has 0 aliphatic heterocycles. The molecule has 5 heteroatoms. The SMILES string of the molecule is CCSC(=N)Nc1ccc(NC)c(CN)c1. The molecule has 0 saturated carbocycles. The lowest BCUT2D eigenvalue weighted by molar-refractivity contribution is 1.07. The molecule has 4 nitrogen and oxygen atoms in total. The van der Waals surface area contributed by atoms with Crippen LogP contribution in [0.3, 0.4) is 0 Å². The van der Waals surface area contributed by atoms with Gasteiger partial charge in [0.25, 0.3) is 0 Å². The lowest BCUT2D eigenvalue weighted by Gasteiger charge is -2.11. The molecule has 0 amide bonds. The zero-order chi connectivity index (χ0) is 12.0. The van der Waals surface area contributed by atoms with E-state index >= 15 is 0 Å². The molecule has 16 heavy (non-hydrogen) atoms. The fourth-order valence-electron chi connectivity index (χ4n) is 1.40. The van der Waals surface area contributed by atoms with Crippen LogP contribution in [0.5, 0.6) is 0 Å². The van der Waals surface area contributed by atoms with Gasteiger partial charge in [0.05, 0.1) is 0 Å².